The van der Waals surface area contributed by atoms with E-state index in [4.69, 9.17) is 4.74 Å². The Morgan fingerprint density at radius 2 is 1.88 bits per heavy atom. The van der Waals surface area contributed by atoms with Gasteiger partial charge >= 0.3 is 0 Å². The predicted octanol–water partition coefficient (Wildman–Crippen LogP) is 2.77. The molecule has 5 nitrogen and oxygen atoms in total. The van der Waals surface area contributed by atoms with Crippen LogP contribution in [0.5, 0.6) is 0 Å². The van der Waals surface area contributed by atoms with Crippen LogP contribution < -0.4 is 10.6 Å². The summed E-state index contributed by atoms with van der Waals surface area (Å²) in [6, 6.07) is 0.481. The molecule has 0 bridgehead atoms. The highest BCUT2D eigenvalue weighted by molar-refractivity contribution is 14.0. The van der Waals surface area contributed by atoms with E-state index >= 15 is 0 Å². The number of halogens is 1. The molecular formula is C18H36IN3O2. The van der Waals surface area contributed by atoms with Gasteiger partial charge in [-0.1, -0.05) is 13.8 Å². The molecule has 3 unspecified atom stereocenters. The van der Waals surface area contributed by atoms with Crippen molar-refractivity contribution in [2.75, 3.05) is 26.3 Å². The molecule has 6 heteroatoms. The Kier molecular flexibility index (Phi) is 10.5. The molecule has 3 N–H and O–H groups in total. The van der Waals surface area contributed by atoms with Crippen LogP contribution in [-0.2, 0) is 4.74 Å². The molecule has 0 aromatic rings. The van der Waals surface area contributed by atoms with Gasteiger partial charge in [0.15, 0.2) is 5.96 Å². The van der Waals surface area contributed by atoms with Crippen molar-refractivity contribution < 1.29 is 9.84 Å². The summed E-state index contributed by atoms with van der Waals surface area (Å²) in [5.74, 6) is 3.08. The van der Waals surface area contributed by atoms with E-state index in [-0.39, 0.29) is 24.0 Å². The van der Waals surface area contributed by atoms with Crippen molar-refractivity contribution >= 4 is 29.9 Å². The second-order valence-corrected chi connectivity index (χ2v) is 7.61. The summed E-state index contributed by atoms with van der Waals surface area (Å²) in [6.45, 7) is 9.12. The van der Waals surface area contributed by atoms with Crippen LogP contribution in [0, 0.1) is 17.8 Å². The molecule has 2 aliphatic rings. The van der Waals surface area contributed by atoms with Crippen LogP contribution in [0.1, 0.15) is 52.9 Å². The number of hydrogen-bond donors (Lipinski definition) is 3. The van der Waals surface area contributed by atoms with Gasteiger partial charge in [-0.15, -0.1) is 24.0 Å². The average Bonchev–Trinajstić information content (AvgIpc) is 3.28. The van der Waals surface area contributed by atoms with Crippen molar-refractivity contribution in [1.29, 1.82) is 0 Å². The number of aliphatic imine (C=N–C) groups is 1. The number of aliphatic hydroxyl groups is 1. The van der Waals surface area contributed by atoms with Crippen molar-refractivity contribution in [2.24, 2.45) is 22.7 Å². The standard InChI is InChI=1S/C18H35N3O2.HI/c1-4-19-18(21-16-8-13(2)7-14(3)9-16)20-10-17(22)12-23-11-15-5-6-15;/h13-17,22H,4-12H2,1-3H3,(H2,19,20,21);1H. The third kappa shape index (κ3) is 8.85. The van der Waals surface area contributed by atoms with Crippen molar-refractivity contribution in [3.8, 4) is 0 Å². The Morgan fingerprint density at radius 1 is 1.21 bits per heavy atom. The van der Waals surface area contributed by atoms with Crippen LogP contribution >= 0.6 is 24.0 Å². The molecule has 0 aromatic heterocycles. The Morgan fingerprint density at radius 3 is 2.46 bits per heavy atom. The van der Waals surface area contributed by atoms with Gasteiger partial charge in [-0.25, -0.2) is 0 Å². The Hall–Kier alpha value is -0.0800. The maximum Gasteiger partial charge on any atom is 0.191 e. The van der Waals surface area contributed by atoms with Crippen LogP contribution in [0.15, 0.2) is 4.99 Å². The number of guanidine groups is 1. The molecule has 2 fully saturated rings. The minimum Gasteiger partial charge on any atom is -0.389 e. The number of nitrogens with zero attached hydrogens (tertiary/aromatic N) is 1. The smallest absolute Gasteiger partial charge is 0.191 e. The number of hydrogen-bond acceptors (Lipinski definition) is 3. The molecule has 0 amide bonds. The first kappa shape index (κ1) is 22.0. The van der Waals surface area contributed by atoms with Crippen molar-refractivity contribution in [1.82, 2.24) is 10.6 Å². The van der Waals surface area contributed by atoms with Gasteiger partial charge < -0.3 is 20.5 Å². The summed E-state index contributed by atoms with van der Waals surface area (Å²) in [6.07, 6.45) is 5.75. The Bertz CT molecular complexity index is 367. The molecule has 142 valence electrons. The lowest BCUT2D eigenvalue weighted by Crippen LogP contribution is -2.46. The number of aliphatic hydroxyl groups excluding tert-OH is 1. The zero-order valence-corrected chi connectivity index (χ0v) is 17.8. The van der Waals surface area contributed by atoms with E-state index in [0.717, 1.165) is 36.9 Å². The maximum absolute atomic E-state index is 10.0. The Labute approximate surface area is 164 Å². The maximum atomic E-state index is 10.0. The quantitative estimate of drug-likeness (QED) is 0.301. The number of rotatable bonds is 8. The highest BCUT2D eigenvalue weighted by Gasteiger charge is 2.24. The van der Waals surface area contributed by atoms with Gasteiger partial charge in [0.25, 0.3) is 0 Å². The second kappa shape index (κ2) is 11.5. The molecule has 2 rings (SSSR count). The largest absolute Gasteiger partial charge is 0.389 e. The third-order valence-corrected chi connectivity index (χ3v) is 4.68. The first-order valence-corrected chi connectivity index (χ1v) is 9.37. The summed E-state index contributed by atoms with van der Waals surface area (Å²) in [7, 11) is 0. The van der Waals surface area contributed by atoms with Gasteiger partial charge in [0.05, 0.1) is 19.3 Å². The van der Waals surface area contributed by atoms with E-state index in [0.29, 0.717) is 19.2 Å². The molecule has 0 heterocycles. The van der Waals surface area contributed by atoms with Crippen LogP contribution in [0.3, 0.4) is 0 Å². The lowest BCUT2D eigenvalue weighted by Gasteiger charge is -2.33. The van der Waals surface area contributed by atoms with Crippen LogP contribution in [0.25, 0.3) is 0 Å². The topological polar surface area (TPSA) is 65.9 Å². The summed E-state index contributed by atoms with van der Waals surface area (Å²) < 4.78 is 5.53. The monoisotopic (exact) mass is 453 g/mol. The molecule has 2 aliphatic carbocycles. The van der Waals surface area contributed by atoms with E-state index < -0.39 is 6.10 Å². The van der Waals surface area contributed by atoms with Gasteiger partial charge in [0, 0.05) is 19.2 Å². The molecule has 24 heavy (non-hydrogen) atoms. The van der Waals surface area contributed by atoms with Gasteiger partial charge in [-0.05, 0) is 56.8 Å². The third-order valence-electron chi connectivity index (χ3n) is 4.68. The highest BCUT2D eigenvalue weighted by Crippen LogP contribution is 2.29. The van der Waals surface area contributed by atoms with Crippen molar-refractivity contribution in [3.63, 3.8) is 0 Å². The van der Waals surface area contributed by atoms with Crippen molar-refractivity contribution in [3.05, 3.63) is 0 Å². The van der Waals surface area contributed by atoms with E-state index in [2.05, 4.69) is 36.4 Å². The summed E-state index contributed by atoms with van der Waals surface area (Å²) >= 11 is 0. The molecule has 0 aromatic carbocycles. The lowest BCUT2D eigenvalue weighted by molar-refractivity contribution is 0.0368. The first-order chi connectivity index (χ1) is 11.1. The second-order valence-electron chi connectivity index (χ2n) is 7.61. The molecule has 3 atom stereocenters. The fourth-order valence-electron chi connectivity index (χ4n) is 3.48. The van der Waals surface area contributed by atoms with Gasteiger partial charge in [0.1, 0.15) is 0 Å². The summed E-state index contributed by atoms with van der Waals surface area (Å²) in [5.41, 5.74) is 0. The molecule has 0 radical (unpaired) electrons. The summed E-state index contributed by atoms with van der Waals surface area (Å²) in [5, 5.41) is 16.8. The van der Waals surface area contributed by atoms with Crippen LogP contribution in [-0.4, -0.2) is 49.5 Å². The van der Waals surface area contributed by atoms with E-state index in [1.807, 2.05) is 0 Å². The molecule has 2 saturated carbocycles. The van der Waals surface area contributed by atoms with E-state index in [1.54, 1.807) is 0 Å². The normalized spacial score (nSPS) is 28.8. The zero-order valence-electron chi connectivity index (χ0n) is 15.5. The number of ether oxygens (including phenoxy) is 1. The van der Waals surface area contributed by atoms with Gasteiger partial charge in [-0.3, -0.25) is 4.99 Å². The predicted molar refractivity (Wildman–Crippen MR) is 110 cm³/mol. The number of nitrogens with one attached hydrogen (secondary N) is 2. The molecule has 0 saturated heterocycles. The minimum absolute atomic E-state index is 0. The van der Waals surface area contributed by atoms with E-state index in [1.165, 1.54) is 32.1 Å². The lowest BCUT2D eigenvalue weighted by atomic mass is 9.80. The minimum atomic E-state index is -0.520. The van der Waals surface area contributed by atoms with E-state index in [9.17, 15) is 5.11 Å². The average molecular weight is 453 g/mol. The van der Waals surface area contributed by atoms with Gasteiger partial charge in [-0.2, -0.15) is 0 Å². The highest BCUT2D eigenvalue weighted by atomic mass is 127. The fraction of sp³-hybridized carbons (Fsp3) is 0.944. The van der Waals surface area contributed by atoms with Crippen LogP contribution in [0.2, 0.25) is 0 Å². The molecule has 0 aliphatic heterocycles. The Balaban J connectivity index is 0.00000288. The first-order valence-electron chi connectivity index (χ1n) is 9.37. The van der Waals surface area contributed by atoms with Gasteiger partial charge in [0.2, 0.25) is 0 Å². The van der Waals surface area contributed by atoms with Crippen molar-refractivity contribution in [2.45, 2.75) is 65.0 Å². The summed E-state index contributed by atoms with van der Waals surface area (Å²) in [4.78, 5) is 4.54. The molecular weight excluding hydrogens is 417 g/mol. The SMILES string of the molecule is CCNC(=NCC(O)COCC1CC1)NC1CC(C)CC(C)C1.I. The van der Waals surface area contributed by atoms with Crippen LogP contribution in [0.4, 0.5) is 0 Å². The molecule has 0 spiro atoms. The fourth-order valence-corrected chi connectivity index (χ4v) is 3.48. The zero-order chi connectivity index (χ0) is 16.7.